The molecule has 1 saturated heterocycles. The van der Waals surface area contributed by atoms with E-state index in [-0.39, 0.29) is 5.91 Å². The first-order chi connectivity index (χ1) is 15.9. The molecule has 1 amide bonds. The van der Waals surface area contributed by atoms with Gasteiger partial charge in [-0.1, -0.05) is 30.3 Å². The summed E-state index contributed by atoms with van der Waals surface area (Å²) in [4.78, 5) is 15.6. The molecule has 33 heavy (non-hydrogen) atoms. The Labute approximate surface area is 192 Å². The number of benzene rings is 2. The molecule has 2 aliphatic heterocycles. The maximum atomic E-state index is 13.0. The van der Waals surface area contributed by atoms with Gasteiger partial charge in [0.1, 0.15) is 0 Å². The van der Waals surface area contributed by atoms with Crippen molar-refractivity contribution in [1.29, 1.82) is 0 Å². The zero-order valence-corrected chi connectivity index (χ0v) is 18.6. The van der Waals surface area contributed by atoms with Crippen LogP contribution in [0.2, 0.25) is 0 Å². The third-order valence-corrected chi connectivity index (χ3v) is 6.29. The highest BCUT2D eigenvalue weighted by molar-refractivity contribution is 6.04. The number of halogens is 3. The first-order valence-corrected chi connectivity index (χ1v) is 11.5. The van der Waals surface area contributed by atoms with E-state index in [9.17, 15) is 18.0 Å². The van der Waals surface area contributed by atoms with E-state index in [2.05, 4.69) is 39.7 Å². The first kappa shape index (κ1) is 23.3. The molecule has 0 aliphatic carbocycles. The van der Waals surface area contributed by atoms with Crippen LogP contribution >= 0.6 is 0 Å². The Bertz CT molecular complexity index is 980. The largest absolute Gasteiger partial charge is 0.416 e. The number of carbonyl (C=O) groups excluding carboxylic acids is 1. The lowest BCUT2D eigenvalue weighted by molar-refractivity contribution is -0.137. The number of hydrazone groups is 1. The number of nitrogens with zero attached hydrogens (tertiary/aromatic N) is 3. The Balaban J connectivity index is 1.17. The highest BCUT2D eigenvalue weighted by Gasteiger charge is 2.31. The Morgan fingerprint density at radius 2 is 1.70 bits per heavy atom. The molecular weight excluding hydrogens is 429 g/mol. The molecule has 1 fully saturated rings. The van der Waals surface area contributed by atoms with Gasteiger partial charge in [-0.3, -0.25) is 9.69 Å². The summed E-state index contributed by atoms with van der Waals surface area (Å²) in [6.07, 6.45) is 0.0305. The number of rotatable bonds is 7. The number of carbonyl (C=O) groups is 1. The van der Waals surface area contributed by atoms with E-state index in [1.54, 1.807) is 6.07 Å². The molecule has 1 N–H and O–H groups in total. The number of aryl methyl sites for hydroxylation is 1. The van der Waals surface area contributed by atoms with Crippen LogP contribution in [0.3, 0.4) is 0 Å². The monoisotopic (exact) mass is 458 g/mol. The van der Waals surface area contributed by atoms with E-state index in [0.29, 0.717) is 18.5 Å². The summed E-state index contributed by atoms with van der Waals surface area (Å²) >= 11 is 0. The van der Waals surface area contributed by atoms with E-state index >= 15 is 0 Å². The summed E-state index contributed by atoms with van der Waals surface area (Å²) in [5.41, 5.74) is 5.85. The van der Waals surface area contributed by atoms with Gasteiger partial charge in [0.25, 0.3) is 0 Å². The minimum absolute atomic E-state index is 0.0348. The van der Waals surface area contributed by atoms with Gasteiger partial charge < -0.3 is 4.90 Å². The van der Waals surface area contributed by atoms with Gasteiger partial charge in [0.15, 0.2) is 0 Å². The number of anilines is 1. The van der Waals surface area contributed by atoms with E-state index < -0.39 is 11.7 Å². The van der Waals surface area contributed by atoms with Crippen molar-refractivity contribution in [3.05, 3.63) is 65.2 Å². The molecular formula is C25H29F3N4O. The molecule has 5 nitrogen and oxygen atoms in total. The van der Waals surface area contributed by atoms with Crippen LogP contribution in [0.15, 0.2) is 53.6 Å². The summed E-state index contributed by atoms with van der Waals surface area (Å²) in [6.45, 7) is 4.22. The SMILES string of the molecule is O=C1CCC(c2ccc(CCCCN3CCN(c4cccc(C(F)(F)F)c4)CC3)cc2)=NN1. The van der Waals surface area contributed by atoms with Crippen LogP contribution in [-0.4, -0.2) is 49.2 Å². The van der Waals surface area contributed by atoms with Gasteiger partial charge in [0.05, 0.1) is 11.3 Å². The summed E-state index contributed by atoms with van der Waals surface area (Å²) in [5, 5.41) is 4.14. The third-order valence-electron chi connectivity index (χ3n) is 6.29. The lowest BCUT2D eigenvalue weighted by Gasteiger charge is -2.36. The minimum Gasteiger partial charge on any atom is -0.369 e. The van der Waals surface area contributed by atoms with Crippen LogP contribution in [0, 0.1) is 0 Å². The first-order valence-electron chi connectivity index (χ1n) is 11.5. The normalized spacial score (nSPS) is 17.6. The summed E-state index contributed by atoms with van der Waals surface area (Å²) in [5.74, 6) is -0.0348. The second-order valence-corrected chi connectivity index (χ2v) is 8.62. The number of hydrogen-bond acceptors (Lipinski definition) is 4. The van der Waals surface area contributed by atoms with Crippen LogP contribution in [0.4, 0.5) is 18.9 Å². The van der Waals surface area contributed by atoms with Crippen LogP contribution < -0.4 is 10.3 Å². The van der Waals surface area contributed by atoms with Crippen LogP contribution in [-0.2, 0) is 17.4 Å². The van der Waals surface area contributed by atoms with Gasteiger partial charge in [0.2, 0.25) is 5.91 Å². The highest BCUT2D eigenvalue weighted by Crippen LogP contribution is 2.31. The number of alkyl halides is 3. The van der Waals surface area contributed by atoms with E-state index in [1.807, 2.05) is 4.90 Å². The second kappa shape index (κ2) is 10.4. The Kier molecular flexibility index (Phi) is 7.33. The molecule has 2 aromatic rings. The Morgan fingerprint density at radius 1 is 0.939 bits per heavy atom. The average Bonchev–Trinajstić information content (AvgIpc) is 2.83. The maximum Gasteiger partial charge on any atom is 0.416 e. The lowest BCUT2D eigenvalue weighted by Crippen LogP contribution is -2.46. The van der Waals surface area contributed by atoms with Crippen molar-refractivity contribution in [3.63, 3.8) is 0 Å². The van der Waals surface area contributed by atoms with Crippen molar-refractivity contribution in [3.8, 4) is 0 Å². The van der Waals surface area contributed by atoms with Crippen molar-refractivity contribution in [2.75, 3.05) is 37.6 Å². The zero-order chi connectivity index (χ0) is 23.3. The number of nitrogens with one attached hydrogen (secondary N) is 1. The summed E-state index contributed by atoms with van der Waals surface area (Å²) in [6, 6.07) is 14.0. The lowest BCUT2D eigenvalue weighted by atomic mass is 10.0. The number of hydrogen-bond donors (Lipinski definition) is 1. The van der Waals surface area contributed by atoms with Crippen molar-refractivity contribution in [1.82, 2.24) is 10.3 Å². The Hall–Kier alpha value is -2.87. The van der Waals surface area contributed by atoms with Gasteiger partial charge in [-0.15, -0.1) is 0 Å². The molecule has 0 atom stereocenters. The van der Waals surface area contributed by atoms with Gasteiger partial charge in [-0.25, -0.2) is 5.43 Å². The predicted octanol–water partition coefficient (Wildman–Crippen LogP) is 4.46. The molecule has 0 unspecified atom stereocenters. The number of piperazine rings is 1. The zero-order valence-electron chi connectivity index (χ0n) is 18.6. The smallest absolute Gasteiger partial charge is 0.369 e. The van der Waals surface area contributed by atoms with Crippen molar-refractivity contribution in [2.45, 2.75) is 38.3 Å². The van der Waals surface area contributed by atoms with Gasteiger partial charge in [-0.2, -0.15) is 18.3 Å². The molecule has 0 bridgehead atoms. The molecule has 0 aromatic heterocycles. The average molecular weight is 459 g/mol. The fourth-order valence-electron chi connectivity index (χ4n) is 4.32. The van der Waals surface area contributed by atoms with Crippen LogP contribution in [0.1, 0.15) is 42.4 Å². The minimum atomic E-state index is -4.31. The molecule has 2 heterocycles. The van der Waals surface area contributed by atoms with Gasteiger partial charge in [0, 0.05) is 44.7 Å². The van der Waals surface area contributed by atoms with Crippen LogP contribution in [0.25, 0.3) is 0 Å². The maximum absolute atomic E-state index is 13.0. The molecule has 2 aromatic carbocycles. The molecule has 0 saturated carbocycles. The third kappa shape index (κ3) is 6.35. The highest BCUT2D eigenvalue weighted by atomic mass is 19.4. The molecule has 2 aliphatic rings. The van der Waals surface area contributed by atoms with Gasteiger partial charge >= 0.3 is 6.18 Å². The van der Waals surface area contributed by atoms with Crippen LogP contribution in [0.5, 0.6) is 0 Å². The Morgan fingerprint density at radius 3 is 2.36 bits per heavy atom. The predicted molar refractivity (Wildman–Crippen MR) is 123 cm³/mol. The topological polar surface area (TPSA) is 47.9 Å². The van der Waals surface area contributed by atoms with Crippen molar-refractivity contribution in [2.24, 2.45) is 5.10 Å². The number of amides is 1. The molecule has 4 rings (SSSR count). The standard InChI is InChI=1S/C25H29F3N4O/c26-25(27,28)21-5-3-6-22(18-21)32-16-14-31(15-17-32)13-2-1-4-19-7-9-20(10-8-19)23-11-12-24(33)30-29-23/h3,5-10,18H,1-2,4,11-17H2,(H,30,33). The fraction of sp³-hybridized carbons (Fsp3) is 0.440. The quantitative estimate of drug-likeness (QED) is 0.623. The second-order valence-electron chi connectivity index (χ2n) is 8.62. The fourth-order valence-corrected chi connectivity index (χ4v) is 4.32. The molecule has 0 radical (unpaired) electrons. The van der Waals surface area contributed by atoms with Crippen molar-refractivity contribution >= 4 is 17.3 Å². The summed E-state index contributed by atoms with van der Waals surface area (Å²) in [7, 11) is 0. The van der Waals surface area contributed by atoms with Crippen molar-refractivity contribution < 1.29 is 18.0 Å². The van der Waals surface area contributed by atoms with Gasteiger partial charge in [-0.05, 0) is 55.1 Å². The van der Waals surface area contributed by atoms with E-state index in [4.69, 9.17) is 0 Å². The molecule has 176 valence electrons. The van der Waals surface area contributed by atoms with E-state index in [0.717, 1.165) is 69.3 Å². The van der Waals surface area contributed by atoms with E-state index in [1.165, 1.54) is 17.7 Å². The summed E-state index contributed by atoms with van der Waals surface area (Å²) < 4.78 is 38.9. The molecule has 0 spiro atoms. The number of unbranched alkanes of at least 4 members (excludes halogenated alkanes) is 1. The molecule has 8 heteroatoms.